The number of halogens is 3. The third-order valence-electron chi connectivity index (χ3n) is 3.02. The number of nitrogens with one attached hydrogen (secondary N) is 2. The first-order chi connectivity index (χ1) is 9.58. The molecule has 0 fully saturated rings. The number of alkyl halides is 3. The molecule has 1 atom stereocenters. The Bertz CT molecular complexity index is 546. The highest BCUT2D eigenvalue weighted by atomic mass is 19.4. The normalized spacial score (nSPS) is 14.1. The van der Waals surface area contributed by atoms with Crippen LogP contribution in [0.15, 0.2) is 24.3 Å². The lowest BCUT2D eigenvalue weighted by Gasteiger charge is -2.24. The van der Waals surface area contributed by atoms with Gasteiger partial charge in [0.15, 0.2) is 0 Å². The standard InChI is InChI=1S/C13H15F3N2O3/c1-3-12(2,10(19)20)18-11(21)17-9-6-4-5-8(7-9)13(14,15)16/h4-7H,3H2,1-2H3,(H,19,20)(H2,17,18,21). The number of carboxylic acid groups (broad SMARTS) is 1. The van der Waals surface area contributed by atoms with E-state index in [1.165, 1.54) is 13.0 Å². The lowest BCUT2D eigenvalue weighted by Crippen LogP contribution is -2.53. The van der Waals surface area contributed by atoms with Crippen LogP contribution in [0, 0.1) is 0 Å². The summed E-state index contributed by atoms with van der Waals surface area (Å²) in [4.78, 5) is 22.7. The maximum Gasteiger partial charge on any atom is 0.416 e. The molecule has 0 saturated heterocycles. The molecule has 0 bridgehead atoms. The van der Waals surface area contributed by atoms with Crippen molar-refractivity contribution in [3.63, 3.8) is 0 Å². The van der Waals surface area contributed by atoms with Crippen LogP contribution in [-0.2, 0) is 11.0 Å². The first kappa shape index (κ1) is 16.8. The molecule has 116 valence electrons. The van der Waals surface area contributed by atoms with Gasteiger partial charge in [0.25, 0.3) is 0 Å². The topological polar surface area (TPSA) is 78.4 Å². The minimum atomic E-state index is -4.52. The number of hydrogen-bond donors (Lipinski definition) is 3. The predicted octanol–water partition coefficient (Wildman–Crippen LogP) is 3.08. The summed E-state index contributed by atoms with van der Waals surface area (Å²) < 4.78 is 37.6. The molecular weight excluding hydrogens is 289 g/mol. The number of hydrogen-bond acceptors (Lipinski definition) is 2. The van der Waals surface area contributed by atoms with E-state index in [2.05, 4.69) is 10.6 Å². The molecule has 0 saturated carbocycles. The van der Waals surface area contributed by atoms with E-state index in [1.807, 2.05) is 0 Å². The van der Waals surface area contributed by atoms with Crippen LogP contribution >= 0.6 is 0 Å². The van der Waals surface area contributed by atoms with Crippen LogP contribution in [0.2, 0.25) is 0 Å². The fourth-order valence-electron chi connectivity index (χ4n) is 1.48. The van der Waals surface area contributed by atoms with Gasteiger partial charge in [0, 0.05) is 5.69 Å². The van der Waals surface area contributed by atoms with Crippen molar-refractivity contribution in [2.45, 2.75) is 32.0 Å². The Hall–Kier alpha value is -2.25. The minimum absolute atomic E-state index is 0.0776. The van der Waals surface area contributed by atoms with Gasteiger partial charge in [-0.3, -0.25) is 0 Å². The molecule has 1 rings (SSSR count). The number of benzene rings is 1. The highest BCUT2D eigenvalue weighted by Crippen LogP contribution is 2.30. The fourth-order valence-corrected chi connectivity index (χ4v) is 1.48. The summed E-state index contributed by atoms with van der Waals surface area (Å²) in [6.45, 7) is 2.87. The molecular formula is C13H15F3N2O3. The van der Waals surface area contributed by atoms with E-state index >= 15 is 0 Å². The van der Waals surface area contributed by atoms with Crippen molar-refractivity contribution in [3.8, 4) is 0 Å². The molecule has 5 nitrogen and oxygen atoms in total. The van der Waals surface area contributed by atoms with Crippen molar-refractivity contribution in [3.05, 3.63) is 29.8 Å². The number of urea groups is 1. The smallest absolute Gasteiger partial charge is 0.416 e. The Kier molecular flexibility index (Phi) is 4.82. The summed E-state index contributed by atoms with van der Waals surface area (Å²) in [6, 6.07) is 3.18. The molecule has 3 N–H and O–H groups in total. The minimum Gasteiger partial charge on any atom is -0.480 e. The van der Waals surface area contributed by atoms with Crippen LogP contribution in [0.3, 0.4) is 0 Å². The molecule has 0 heterocycles. The Balaban J connectivity index is 2.83. The second kappa shape index (κ2) is 6.02. The third-order valence-corrected chi connectivity index (χ3v) is 3.02. The summed E-state index contributed by atoms with van der Waals surface area (Å²) in [7, 11) is 0. The number of anilines is 1. The fraction of sp³-hybridized carbons (Fsp3) is 0.385. The van der Waals surface area contributed by atoms with Crippen LogP contribution in [0.5, 0.6) is 0 Å². The molecule has 0 radical (unpaired) electrons. The lowest BCUT2D eigenvalue weighted by molar-refractivity contribution is -0.143. The van der Waals surface area contributed by atoms with Crippen molar-refractivity contribution in [2.75, 3.05) is 5.32 Å². The van der Waals surface area contributed by atoms with Crippen LogP contribution in [0.4, 0.5) is 23.7 Å². The number of carboxylic acids is 1. The zero-order valence-corrected chi connectivity index (χ0v) is 11.4. The highest BCUT2D eigenvalue weighted by Gasteiger charge is 2.33. The van der Waals surface area contributed by atoms with Gasteiger partial charge < -0.3 is 15.7 Å². The number of rotatable bonds is 4. The molecule has 2 amide bonds. The van der Waals surface area contributed by atoms with Crippen molar-refractivity contribution >= 4 is 17.7 Å². The molecule has 0 aliphatic carbocycles. The molecule has 1 unspecified atom stereocenters. The average molecular weight is 304 g/mol. The van der Waals surface area contributed by atoms with Gasteiger partial charge in [0.2, 0.25) is 0 Å². The van der Waals surface area contributed by atoms with Crippen molar-refractivity contribution in [1.29, 1.82) is 0 Å². The lowest BCUT2D eigenvalue weighted by atomic mass is 10.00. The van der Waals surface area contributed by atoms with E-state index in [0.717, 1.165) is 18.2 Å². The van der Waals surface area contributed by atoms with E-state index < -0.39 is 29.3 Å². The van der Waals surface area contributed by atoms with Gasteiger partial charge in [-0.15, -0.1) is 0 Å². The Labute approximate surface area is 119 Å². The third kappa shape index (κ3) is 4.37. The highest BCUT2D eigenvalue weighted by molar-refractivity contribution is 5.93. The maximum absolute atomic E-state index is 12.5. The number of carbonyl (C=O) groups excluding carboxylic acids is 1. The van der Waals surface area contributed by atoms with Crippen LogP contribution in [-0.4, -0.2) is 22.6 Å². The monoisotopic (exact) mass is 304 g/mol. The molecule has 8 heteroatoms. The van der Waals surface area contributed by atoms with Gasteiger partial charge in [-0.05, 0) is 31.5 Å². The van der Waals surface area contributed by atoms with E-state index in [0.29, 0.717) is 0 Å². The Morgan fingerprint density at radius 2 is 1.90 bits per heavy atom. The number of carbonyl (C=O) groups is 2. The van der Waals surface area contributed by atoms with Gasteiger partial charge in [-0.2, -0.15) is 13.2 Å². The van der Waals surface area contributed by atoms with Crippen LogP contribution in [0.25, 0.3) is 0 Å². The van der Waals surface area contributed by atoms with Crippen LogP contribution < -0.4 is 10.6 Å². The van der Waals surface area contributed by atoms with Gasteiger partial charge >= 0.3 is 18.2 Å². The zero-order chi connectivity index (χ0) is 16.3. The zero-order valence-electron chi connectivity index (χ0n) is 11.4. The second-order valence-electron chi connectivity index (χ2n) is 4.65. The number of amides is 2. The Morgan fingerprint density at radius 3 is 2.38 bits per heavy atom. The summed E-state index contributed by atoms with van der Waals surface area (Å²) in [6.07, 6.45) is -4.40. The van der Waals surface area contributed by atoms with E-state index in [-0.39, 0.29) is 12.1 Å². The largest absolute Gasteiger partial charge is 0.480 e. The summed E-state index contributed by atoms with van der Waals surface area (Å²) in [5, 5.41) is 13.4. The van der Waals surface area contributed by atoms with Crippen LogP contribution in [0.1, 0.15) is 25.8 Å². The molecule has 0 aliphatic heterocycles. The van der Waals surface area contributed by atoms with Crippen molar-refractivity contribution in [2.24, 2.45) is 0 Å². The maximum atomic E-state index is 12.5. The molecule has 1 aromatic carbocycles. The molecule has 0 aliphatic rings. The quantitative estimate of drug-likeness (QED) is 0.800. The molecule has 0 spiro atoms. The van der Waals surface area contributed by atoms with Gasteiger partial charge in [-0.25, -0.2) is 9.59 Å². The van der Waals surface area contributed by atoms with Gasteiger partial charge in [0.05, 0.1) is 5.56 Å². The van der Waals surface area contributed by atoms with Crippen molar-refractivity contribution in [1.82, 2.24) is 5.32 Å². The van der Waals surface area contributed by atoms with Gasteiger partial charge in [0.1, 0.15) is 5.54 Å². The molecule has 1 aromatic rings. The summed E-state index contributed by atoms with van der Waals surface area (Å²) in [5.74, 6) is -1.23. The Morgan fingerprint density at radius 1 is 1.29 bits per heavy atom. The summed E-state index contributed by atoms with van der Waals surface area (Å²) in [5.41, 5.74) is -2.48. The molecule has 0 aromatic heterocycles. The number of aliphatic carboxylic acids is 1. The SMILES string of the molecule is CCC(C)(NC(=O)Nc1cccc(C(F)(F)F)c1)C(=O)O. The predicted molar refractivity (Wildman–Crippen MR) is 69.9 cm³/mol. The van der Waals surface area contributed by atoms with E-state index in [4.69, 9.17) is 5.11 Å². The average Bonchev–Trinajstić information content (AvgIpc) is 2.37. The second-order valence-corrected chi connectivity index (χ2v) is 4.65. The first-order valence-corrected chi connectivity index (χ1v) is 6.08. The van der Waals surface area contributed by atoms with E-state index in [9.17, 15) is 22.8 Å². The summed E-state index contributed by atoms with van der Waals surface area (Å²) >= 11 is 0. The molecule has 21 heavy (non-hydrogen) atoms. The first-order valence-electron chi connectivity index (χ1n) is 6.08. The van der Waals surface area contributed by atoms with E-state index in [1.54, 1.807) is 6.92 Å². The van der Waals surface area contributed by atoms with Gasteiger partial charge in [-0.1, -0.05) is 13.0 Å². The van der Waals surface area contributed by atoms with Crippen molar-refractivity contribution < 1.29 is 27.9 Å².